The molecule has 0 saturated heterocycles. The van der Waals surface area contributed by atoms with Crippen LogP contribution in [0.4, 0.5) is 13.2 Å². The van der Waals surface area contributed by atoms with Crippen molar-refractivity contribution in [1.29, 1.82) is 0 Å². The molecule has 0 radical (unpaired) electrons. The number of rotatable bonds is 2. The summed E-state index contributed by atoms with van der Waals surface area (Å²) in [5.41, 5.74) is 0.884. The van der Waals surface area contributed by atoms with Gasteiger partial charge >= 0.3 is 6.18 Å². The van der Waals surface area contributed by atoms with Gasteiger partial charge in [-0.1, -0.05) is 5.16 Å². The summed E-state index contributed by atoms with van der Waals surface area (Å²) in [4.78, 5) is 0. The van der Waals surface area contributed by atoms with E-state index >= 15 is 0 Å². The van der Waals surface area contributed by atoms with Gasteiger partial charge in [-0.25, -0.2) is 0 Å². The van der Waals surface area contributed by atoms with Crippen LogP contribution >= 0.6 is 0 Å². The zero-order chi connectivity index (χ0) is 12.5. The fourth-order valence-corrected chi connectivity index (χ4v) is 1.42. The molecule has 0 unspecified atom stereocenters. The summed E-state index contributed by atoms with van der Waals surface area (Å²) in [6, 6.07) is 4.19. The summed E-state index contributed by atoms with van der Waals surface area (Å²) in [5, 5.41) is 11.6. The van der Waals surface area contributed by atoms with Crippen LogP contribution in [0.5, 0.6) is 11.5 Å². The lowest BCUT2D eigenvalue weighted by atomic mass is 10.1. The van der Waals surface area contributed by atoms with Gasteiger partial charge in [0.05, 0.1) is 0 Å². The van der Waals surface area contributed by atoms with Crippen LogP contribution < -0.4 is 9.47 Å². The highest BCUT2D eigenvalue weighted by Crippen LogP contribution is 2.30. The molecule has 1 aliphatic rings. The summed E-state index contributed by atoms with van der Waals surface area (Å²) in [7, 11) is 0. The average Bonchev–Trinajstić information content (AvgIpc) is 2.67. The third-order valence-corrected chi connectivity index (χ3v) is 2.15. The van der Waals surface area contributed by atoms with Crippen LogP contribution in [0.3, 0.4) is 0 Å². The molecule has 1 aliphatic heterocycles. The first-order valence-corrected chi connectivity index (χ1v) is 4.67. The van der Waals surface area contributed by atoms with E-state index in [9.17, 15) is 13.2 Å². The Morgan fingerprint density at radius 2 is 2.18 bits per heavy atom. The van der Waals surface area contributed by atoms with E-state index in [-0.39, 0.29) is 12.4 Å². The van der Waals surface area contributed by atoms with Crippen molar-refractivity contribution in [3.63, 3.8) is 0 Å². The van der Waals surface area contributed by atoms with Crippen molar-refractivity contribution in [2.75, 3.05) is 13.2 Å². The number of halogens is 3. The number of ether oxygens (including phenoxy) is 2. The number of alkyl halides is 3. The quantitative estimate of drug-likeness (QED) is 0.643. The third kappa shape index (κ3) is 2.61. The monoisotopic (exact) mass is 247 g/mol. The normalized spacial score (nSPS) is 16.8. The van der Waals surface area contributed by atoms with Crippen LogP contribution in [-0.4, -0.2) is 30.3 Å². The Kier molecular flexibility index (Phi) is 2.83. The second-order valence-corrected chi connectivity index (χ2v) is 3.40. The van der Waals surface area contributed by atoms with Crippen molar-refractivity contribution < 1.29 is 27.9 Å². The van der Waals surface area contributed by atoms with Crippen molar-refractivity contribution in [2.45, 2.75) is 6.18 Å². The molecule has 1 heterocycles. The van der Waals surface area contributed by atoms with E-state index in [0.29, 0.717) is 17.0 Å². The minimum atomic E-state index is -4.38. The topological polar surface area (TPSA) is 51.1 Å². The molecule has 0 spiro atoms. The molecule has 0 atom stereocenters. The Bertz CT molecular complexity index is 457. The molecule has 0 amide bonds. The Labute approximate surface area is 94.3 Å². The highest BCUT2D eigenvalue weighted by atomic mass is 19.4. The first kappa shape index (κ1) is 11.6. The van der Waals surface area contributed by atoms with E-state index in [1.807, 2.05) is 0 Å². The first-order chi connectivity index (χ1) is 7.99. The van der Waals surface area contributed by atoms with Crippen molar-refractivity contribution in [3.8, 4) is 11.5 Å². The predicted octanol–water partition coefficient (Wildman–Crippen LogP) is 2.20. The van der Waals surface area contributed by atoms with E-state index in [1.54, 1.807) is 0 Å². The van der Waals surface area contributed by atoms with Gasteiger partial charge in [0, 0.05) is 11.6 Å². The second-order valence-electron chi connectivity index (χ2n) is 3.40. The van der Waals surface area contributed by atoms with Gasteiger partial charge in [0.1, 0.15) is 23.8 Å². The smallest absolute Gasteiger partial charge is 0.422 e. The summed E-state index contributed by atoms with van der Waals surface area (Å²) in [6.07, 6.45) is -4.38. The third-order valence-electron chi connectivity index (χ3n) is 2.15. The molecule has 1 aromatic carbocycles. The maximum absolute atomic E-state index is 11.9. The molecule has 17 heavy (non-hydrogen) atoms. The Morgan fingerprint density at radius 3 is 2.82 bits per heavy atom. The maximum Gasteiger partial charge on any atom is 0.422 e. The minimum absolute atomic E-state index is 0.0558. The molecule has 1 aromatic rings. The zero-order valence-electron chi connectivity index (χ0n) is 8.49. The molecule has 1 N–H and O–H groups in total. The molecule has 0 fully saturated rings. The fourth-order valence-electron chi connectivity index (χ4n) is 1.42. The van der Waals surface area contributed by atoms with Crippen LogP contribution in [0.15, 0.2) is 23.4 Å². The molecule has 0 bridgehead atoms. The highest BCUT2D eigenvalue weighted by molar-refractivity contribution is 6.05. The lowest BCUT2D eigenvalue weighted by Gasteiger charge is -2.09. The summed E-state index contributed by atoms with van der Waals surface area (Å²) in [5.74, 6) is 0.401. The van der Waals surface area contributed by atoms with Gasteiger partial charge < -0.3 is 14.7 Å². The molecule has 2 rings (SSSR count). The highest BCUT2D eigenvalue weighted by Gasteiger charge is 2.29. The Morgan fingerprint density at radius 1 is 1.41 bits per heavy atom. The average molecular weight is 247 g/mol. The lowest BCUT2D eigenvalue weighted by Crippen LogP contribution is -2.19. The Balaban J connectivity index is 2.13. The number of oxime groups is 1. The van der Waals surface area contributed by atoms with Crippen LogP contribution in [0.1, 0.15) is 5.56 Å². The van der Waals surface area contributed by atoms with Gasteiger partial charge in [0.2, 0.25) is 0 Å². The van der Waals surface area contributed by atoms with Gasteiger partial charge in [-0.15, -0.1) is 0 Å². The largest absolute Gasteiger partial charge is 0.486 e. The van der Waals surface area contributed by atoms with Gasteiger partial charge in [-0.2, -0.15) is 13.2 Å². The second kappa shape index (κ2) is 4.15. The van der Waals surface area contributed by atoms with E-state index in [0.717, 1.165) is 0 Å². The van der Waals surface area contributed by atoms with Crippen molar-refractivity contribution in [1.82, 2.24) is 0 Å². The summed E-state index contributed by atoms with van der Waals surface area (Å²) in [6.45, 7) is -1.26. The predicted molar refractivity (Wildman–Crippen MR) is 51.8 cm³/mol. The number of hydrogen-bond acceptors (Lipinski definition) is 4. The summed E-state index contributed by atoms with van der Waals surface area (Å²) >= 11 is 0. The van der Waals surface area contributed by atoms with E-state index in [1.165, 1.54) is 18.2 Å². The van der Waals surface area contributed by atoms with E-state index in [2.05, 4.69) is 9.89 Å². The number of hydrogen-bond donors (Lipinski definition) is 1. The number of benzene rings is 1. The van der Waals surface area contributed by atoms with Crippen LogP contribution in [0.2, 0.25) is 0 Å². The fraction of sp³-hybridized carbons (Fsp3) is 0.300. The molecular formula is C10H8F3NO3. The SMILES string of the molecule is ON=C1COc2cc(OCC(F)(F)F)ccc21. The van der Waals surface area contributed by atoms with Gasteiger partial charge in [-0.3, -0.25) is 0 Å². The lowest BCUT2D eigenvalue weighted by molar-refractivity contribution is -0.153. The minimum Gasteiger partial charge on any atom is -0.486 e. The molecule has 0 aromatic heterocycles. The number of nitrogens with zero attached hydrogens (tertiary/aromatic N) is 1. The maximum atomic E-state index is 11.9. The van der Waals surface area contributed by atoms with Crippen molar-refractivity contribution in [3.05, 3.63) is 23.8 Å². The van der Waals surface area contributed by atoms with Crippen molar-refractivity contribution in [2.24, 2.45) is 5.16 Å². The van der Waals surface area contributed by atoms with Crippen LogP contribution in [0, 0.1) is 0 Å². The summed E-state index contributed by atoms with van der Waals surface area (Å²) < 4.78 is 45.5. The standard InChI is InChI=1S/C10H8F3NO3/c11-10(12,13)5-17-6-1-2-7-8(14-15)4-16-9(7)3-6/h1-3,15H,4-5H2. The first-order valence-electron chi connectivity index (χ1n) is 4.67. The van der Waals surface area contributed by atoms with E-state index in [4.69, 9.17) is 9.94 Å². The van der Waals surface area contributed by atoms with Crippen molar-refractivity contribution >= 4 is 5.71 Å². The molecule has 7 heteroatoms. The van der Waals surface area contributed by atoms with E-state index < -0.39 is 12.8 Å². The zero-order valence-corrected chi connectivity index (χ0v) is 8.49. The van der Waals surface area contributed by atoms with Gasteiger partial charge in [0.25, 0.3) is 0 Å². The van der Waals surface area contributed by atoms with Gasteiger partial charge in [-0.05, 0) is 12.1 Å². The van der Waals surface area contributed by atoms with Gasteiger partial charge in [0.15, 0.2) is 6.61 Å². The molecular weight excluding hydrogens is 239 g/mol. The molecule has 4 nitrogen and oxygen atoms in total. The van der Waals surface area contributed by atoms with Crippen LogP contribution in [-0.2, 0) is 0 Å². The molecule has 0 aliphatic carbocycles. The molecule has 0 saturated carbocycles. The molecule has 92 valence electrons. The Hall–Kier alpha value is -1.92. The number of fused-ring (bicyclic) bond motifs is 1. The van der Waals surface area contributed by atoms with Crippen LogP contribution in [0.25, 0.3) is 0 Å².